The third-order valence-electron chi connectivity index (χ3n) is 3.73. The van der Waals surface area contributed by atoms with Crippen LogP contribution < -0.4 is 0 Å². The zero-order valence-electron chi connectivity index (χ0n) is 10.3. The first-order chi connectivity index (χ1) is 7.50. The third kappa shape index (κ3) is 2.27. The summed E-state index contributed by atoms with van der Waals surface area (Å²) in [6.07, 6.45) is 6.96. The van der Waals surface area contributed by atoms with Crippen LogP contribution in [0.15, 0.2) is 10.6 Å². The maximum absolute atomic E-state index is 5.97. The molecule has 0 N–H and O–H groups in total. The van der Waals surface area contributed by atoms with Crippen molar-refractivity contribution in [3.05, 3.63) is 17.8 Å². The summed E-state index contributed by atoms with van der Waals surface area (Å²) in [7, 11) is 0. The minimum atomic E-state index is -0.138. The standard InChI is InChI=1S/C13H20ClNO/c1-9(14)12-15-8-11(16-12)10-6-4-5-7-13(10,2)3/h8-10H,4-7H2,1-3H3. The fourth-order valence-corrected chi connectivity index (χ4v) is 2.77. The van der Waals surface area contributed by atoms with Gasteiger partial charge in [0.1, 0.15) is 11.1 Å². The molecule has 0 bridgehead atoms. The highest BCUT2D eigenvalue weighted by Gasteiger charge is 2.35. The Labute approximate surface area is 102 Å². The van der Waals surface area contributed by atoms with Gasteiger partial charge in [-0.05, 0) is 25.2 Å². The summed E-state index contributed by atoms with van der Waals surface area (Å²) in [4.78, 5) is 4.26. The molecule has 1 aromatic heterocycles. The topological polar surface area (TPSA) is 26.0 Å². The largest absolute Gasteiger partial charge is 0.444 e. The van der Waals surface area contributed by atoms with Gasteiger partial charge in [0.25, 0.3) is 0 Å². The molecule has 1 saturated carbocycles. The van der Waals surface area contributed by atoms with Gasteiger partial charge >= 0.3 is 0 Å². The zero-order chi connectivity index (χ0) is 11.8. The van der Waals surface area contributed by atoms with Crippen molar-refractivity contribution >= 4 is 11.6 Å². The smallest absolute Gasteiger partial charge is 0.212 e. The second-order valence-corrected chi connectivity index (χ2v) is 6.16. The highest BCUT2D eigenvalue weighted by Crippen LogP contribution is 2.47. The van der Waals surface area contributed by atoms with Crippen LogP contribution in [-0.2, 0) is 0 Å². The molecule has 2 nitrogen and oxygen atoms in total. The van der Waals surface area contributed by atoms with Crippen LogP contribution in [0.25, 0.3) is 0 Å². The molecule has 0 radical (unpaired) electrons. The van der Waals surface area contributed by atoms with Gasteiger partial charge in [0.05, 0.1) is 6.20 Å². The summed E-state index contributed by atoms with van der Waals surface area (Å²) in [6.45, 7) is 6.54. The Kier molecular flexibility index (Phi) is 3.29. The number of oxazole rings is 1. The number of rotatable bonds is 2. The van der Waals surface area contributed by atoms with E-state index in [0.717, 1.165) is 5.76 Å². The second-order valence-electron chi connectivity index (χ2n) is 5.50. The van der Waals surface area contributed by atoms with Crippen LogP contribution in [0.4, 0.5) is 0 Å². The molecule has 3 heteroatoms. The van der Waals surface area contributed by atoms with Crippen molar-refractivity contribution in [2.24, 2.45) is 5.41 Å². The van der Waals surface area contributed by atoms with E-state index >= 15 is 0 Å². The summed E-state index contributed by atoms with van der Waals surface area (Å²) >= 11 is 5.97. The fraction of sp³-hybridized carbons (Fsp3) is 0.769. The zero-order valence-corrected chi connectivity index (χ0v) is 11.0. The van der Waals surface area contributed by atoms with E-state index in [4.69, 9.17) is 16.0 Å². The Balaban J connectivity index is 2.21. The Morgan fingerprint density at radius 1 is 1.50 bits per heavy atom. The first-order valence-electron chi connectivity index (χ1n) is 6.10. The van der Waals surface area contributed by atoms with Crippen LogP contribution in [0.5, 0.6) is 0 Å². The van der Waals surface area contributed by atoms with Crippen LogP contribution in [-0.4, -0.2) is 4.98 Å². The van der Waals surface area contributed by atoms with Crippen LogP contribution in [0.2, 0.25) is 0 Å². The molecular weight excluding hydrogens is 222 g/mol. The molecule has 2 atom stereocenters. The number of aromatic nitrogens is 1. The van der Waals surface area contributed by atoms with Crippen molar-refractivity contribution in [3.63, 3.8) is 0 Å². The van der Waals surface area contributed by atoms with E-state index in [9.17, 15) is 0 Å². The number of alkyl halides is 1. The predicted molar refractivity (Wildman–Crippen MR) is 65.8 cm³/mol. The molecule has 2 unspecified atom stereocenters. The predicted octanol–water partition coefficient (Wildman–Crippen LogP) is 4.66. The summed E-state index contributed by atoms with van der Waals surface area (Å²) < 4.78 is 5.78. The number of halogens is 1. The van der Waals surface area contributed by atoms with Gasteiger partial charge in [-0.25, -0.2) is 4.98 Å². The molecule has 1 fully saturated rings. The van der Waals surface area contributed by atoms with E-state index < -0.39 is 0 Å². The summed E-state index contributed by atoms with van der Waals surface area (Å²) in [5, 5.41) is -0.138. The minimum absolute atomic E-state index is 0.138. The van der Waals surface area contributed by atoms with E-state index in [1.54, 1.807) is 0 Å². The summed E-state index contributed by atoms with van der Waals surface area (Å²) in [6, 6.07) is 0. The monoisotopic (exact) mass is 241 g/mol. The average Bonchev–Trinajstić information content (AvgIpc) is 2.65. The van der Waals surface area contributed by atoms with Crippen molar-refractivity contribution in [1.82, 2.24) is 4.98 Å². The van der Waals surface area contributed by atoms with Crippen molar-refractivity contribution < 1.29 is 4.42 Å². The molecular formula is C13H20ClNO. The third-order valence-corrected chi connectivity index (χ3v) is 3.92. The average molecular weight is 242 g/mol. The second kappa shape index (κ2) is 4.40. The molecule has 90 valence electrons. The Morgan fingerprint density at radius 3 is 2.81 bits per heavy atom. The van der Waals surface area contributed by atoms with Gasteiger partial charge in [-0.1, -0.05) is 26.7 Å². The number of hydrogen-bond donors (Lipinski definition) is 0. The summed E-state index contributed by atoms with van der Waals surface area (Å²) in [5.74, 6) is 2.17. The molecule has 2 rings (SSSR count). The lowest BCUT2D eigenvalue weighted by atomic mass is 9.68. The fourth-order valence-electron chi connectivity index (χ4n) is 2.67. The molecule has 1 aromatic rings. The highest BCUT2D eigenvalue weighted by molar-refractivity contribution is 6.20. The molecule has 0 aliphatic heterocycles. The molecule has 1 aliphatic rings. The van der Waals surface area contributed by atoms with Gasteiger partial charge < -0.3 is 4.42 Å². The van der Waals surface area contributed by atoms with Crippen molar-refractivity contribution in [2.45, 2.75) is 57.7 Å². The van der Waals surface area contributed by atoms with Gasteiger partial charge in [0.15, 0.2) is 0 Å². The van der Waals surface area contributed by atoms with Crippen molar-refractivity contribution in [2.75, 3.05) is 0 Å². The lowest BCUT2D eigenvalue weighted by molar-refractivity contribution is 0.176. The number of hydrogen-bond acceptors (Lipinski definition) is 2. The Morgan fingerprint density at radius 2 is 2.25 bits per heavy atom. The molecule has 0 saturated heterocycles. The maximum Gasteiger partial charge on any atom is 0.212 e. The molecule has 0 aromatic carbocycles. The van der Waals surface area contributed by atoms with Gasteiger partial charge in [-0.15, -0.1) is 11.6 Å². The SMILES string of the molecule is CC(Cl)c1ncc(C2CCCCC2(C)C)o1. The Hall–Kier alpha value is -0.500. The molecule has 16 heavy (non-hydrogen) atoms. The van der Waals surface area contributed by atoms with Crippen LogP contribution >= 0.6 is 11.6 Å². The quantitative estimate of drug-likeness (QED) is 0.704. The van der Waals surface area contributed by atoms with E-state index in [-0.39, 0.29) is 5.38 Å². The van der Waals surface area contributed by atoms with Crippen molar-refractivity contribution in [3.8, 4) is 0 Å². The number of nitrogens with zero attached hydrogens (tertiary/aromatic N) is 1. The van der Waals surface area contributed by atoms with E-state index in [1.165, 1.54) is 25.7 Å². The van der Waals surface area contributed by atoms with Crippen molar-refractivity contribution in [1.29, 1.82) is 0 Å². The lowest BCUT2D eigenvalue weighted by Crippen LogP contribution is -2.25. The summed E-state index contributed by atoms with van der Waals surface area (Å²) in [5.41, 5.74) is 0.324. The van der Waals surface area contributed by atoms with Gasteiger partial charge in [-0.2, -0.15) is 0 Å². The maximum atomic E-state index is 5.97. The van der Waals surface area contributed by atoms with E-state index in [1.807, 2.05) is 13.1 Å². The molecule has 0 amide bonds. The minimum Gasteiger partial charge on any atom is -0.444 e. The Bertz CT molecular complexity index is 357. The van der Waals surface area contributed by atoms with Gasteiger partial charge in [-0.3, -0.25) is 0 Å². The van der Waals surface area contributed by atoms with Crippen LogP contribution in [0, 0.1) is 5.41 Å². The first-order valence-corrected chi connectivity index (χ1v) is 6.54. The molecule has 1 aliphatic carbocycles. The first kappa shape index (κ1) is 12.0. The van der Waals surface area contributed by atoms with Gasteiger partial charge in [0, 0.05) is 5.92 Å². The van der Waals surface area contributed by atoms with E-state index in [2.05, 4.69) is 18.8 Å². The molecule has 1 heterocycles. The van der Waals surface area contributed by atoms with Crippen LogP contribution in [0.1, 0.15) is 69.4 Å². The lowest BCUT2D eigenvalue weighted by Gasteiger charge is -2.37. The van der Waals surface area contributed by atoms with E-state index in [0.29, 0.717) is 17.2 Å². The van der Waals surface area contributed by atoms with Gasteiger partial charge in [0.2, 0.25) is 5.89 Å². The van der Waals surface area contributed by atoms with Crippen LogP contribution in [0.3, 0.4) is 0 Å². The molecule has 0 spiro atoms. The highest BCUT2D eigenvalue weighted by atomic mass is 35.5. The normalized spacial score (nSPS) is 26.6.